The number of carbonyl (C=O) groups is 1. The van der Waals surface area contributed by atoms with Crippen molar-refractivity contribution in [1.29, 1.82) is 0 Å². The number of hydrogen-bond acceptors (Lipinski definition) is 6. The van der Waals surface area contributed by atoms with Crippen LogP contribution in [0, 0.1) is 6.92 Å². The van der Waals surface area contributed by atoms with Crippen LogP contribution in [0.4, 0.5) is 0 Å². The Hall–Kier alpha value is -2.06. The van der Waals surface area contributed by atoms with E-state index in [1.807, 2.05) is 49.0 Å². The van der Waals surface area contributed by atoms with Crippen LogP contribution >= 0.6 is 23.1 Å². The third-order valence-corrected chi connectivity index (χ3v) is 5.69. The van der Waals surface area contributed by atoms with Crippen LogP contribution in [0.3, 0.4) is 0 Å². The summed E-state index contributed by atoms with van der Waals surface area (Å²) < 4.78 is 7.18. The molecule has 0 bridgehead atoms. The monoisotopic (exact) mass is 362 g/mol. The molecule has 0 aliphatic heterocycles. The molecule has 3 heterocycles. The number of carbonyl (C=O) groups excluding carboxylic acids is 1. The summed E-state index contributed by atoms with van der Waals surface area (Å²) in [6, 6.07) is 5.88. The summed E-state index contributed by atoms with van der Waals surface area (Å²) in [6.07, 6.45) is 1.63. The van der Waals surface area contributed by atoms with Gasteiger partial charge in [-0.3, -0.25) is 4.79 Å². The summed E-state index contributed by atoms with van der Waals surface area (Å²) in [5, 5.41) is 14.1. The molecule has 6 nitrogen and oxygen atoms in total. The molecule has 0 unspecified atom stereocenters. The number of aromatic nitrogens is 3. The van der Waals surface area contributed by atoms with Crippen LogP contribution in [0.2, 0.25) is 0 Å². The first-order valence-electron chi connectivity index (χ1n) is 7.45. The van der Waals surface area contributed by atoms with Crippen molar-refractivity contribution < 1.29 is 9.21 Å². The topological polar surface area (TPSA) is 72.9 Å². The van der Waals surface area contributed by atoms with Gasteiger partial charge in [0.25, 0.3) is 0 Å². The molecule has 1 amide bonds. The lowest BCUT2D eigenvalue weighted by Gasteiger charge is -2.11. The van der Waals surface area contributed by atoms with Gasteiger partial charge in [-0.15, -0.1) is 21.5 Å². The predicted octanol–water partition coefficient (Wildman–Crippen LogP) is 3.41. The normalized spacial score (nSPS) is 12.3. The minimum atomic E-state index is -0.0232. The third-order valence-electron chi connectivity index (χ3n) is 3.61. The van der Waals surface area contributed by atoms with E-state index in [4.69, 9.17) is 4.42 Å². The number of rotatable bonds is 6. The van der Waals surface area contributed by atoms with Crippen molar-refractivity contribution in [1.82, 2.24) is 20.1 Å². The van der Waals surface area contributed by atoms with Crippen molar-refractivity contribution in [3.05, 3.63) is 40.5 Å². The van der Waals surface area contributed by atoms with Gasteiger partial charge in [0.15, 0.2) is 11.0 Å². The average Bonchev–Trinajstić information content (AvgIpc) is 3.27. The van der Waals surface area contributed by atoms with Gasteiger partial charge in [0.2, 0.25) is 5.91 Å². The van der Waals surface area contributed by atoms with Gasteiger partial charge in [-0.05, 0) is 31.4 Å². The molecule has 0 saturated heterocycles. The highest BCUT2D eigenvalue weighted by Crippen LogP contribution is 2.26. The number of nitrogens with zero attached hydrogens (tertiary/aromatic N) is 3. The minimum absolute atomic E-state index is 0.0155. The van der Waals surface area contributed by atoms with Crippen molar-refractivity contribution in [2.75, 3.05) is 5.75 Å². The van der Waals surface area contributed by atoms with Crippen molar-refractivity contribution in [3.63, 3.8) is 0 Å². The van der Waals surface area contributed by atoms with E-state index in [1.165, 1.54) is 11.8 Å². The first-order chi connectivity index (χ1) is 11.6. The van der Waals surface area contributed by atoms with E-state index in [1.54, 1.807) is 17.6 Å². The van der Waals surface area contributed by atoms with Gasteiger partial charge in [-0.2, -0.15) is 0 Å². The Morgan fingerprint density at radius 3 is 2.96 bits per heavy atom. The number of nitrogens with one attached hydrogen (secondary N) is 1. The molecule has 0 radical (unpaired) electrons. The zero-order valence-corrected chi connectivity index (χ0v) is 15.3. The number of thioether (sulfide) groups is 1. The molecule has 3 aromatic heterocycles. The maximum atomic E-state index is 12.1. The number of aryl methyl sites for hydroxylation is 1. The second-order valence-electron chi connectivity index (χ2n) is 5.35. The molecule has 24 heavy (non-hydrogen) atoms. The van der Waals surface area contributed by atoms with Gasteiger partial charge in [0.1, 0.15) is 5.76 Å². The number of amides is 1. The summed E-state index contributed by atoms with van der Waals surface area (Å²) in [6.45, 7) is 3.87. The van der Waals surface area contributed by atoms with Crippen LogP contribution in [-0.4, -0.2) is 26.4 Å². The standard InChI is InChI=1S/C16H18N4O2S2/c1-10(13-5-4-8-23-13)17-14(21)9-24-16-19-18-15(20(16)3)12-6-7-22-11(12)2/h4-8,10H,9H2,1-3H3,(H,17,21)/t10-/m1/s1. The van der Waals surface area contributed by atoms with Crippen LogP contribution in [-0.2, 0) is 11.8 Å². The van der Waals surface area contributed by atoms with Crippen molar-refractivity contribution >= 4 is 29.0 Å². The van der Waals surface area contributed by atoms with Crippen molar-refractivity contribution in [3.8, 4) is 11.4 Å². The molecule has 0 saturated carbocycles. The number of thiophene rings is 1. The minimum Gasteiger partial charge on any atom is -0.469 e. The first-order valence-corrected chi connectivity index (χ1v) is 9.32. The molecule has 0 fully saturated rings. The molecule has 8 heteroatoms. The third kappa shape index (κ3) is 3.54. The van der Waals surface area contributed by atoms with Gasteiger partial charge in [-0.25, -0.2) is 0 Å². The van der Waals surface area contributed by atoms with Crippen LogP contribution in [0.15, 0.2) is 39.4 Å². The molecular formula is C16H18N4O2S2. The van der Waals surface area contributed by atoms with E-state index in [-0.39, 0.29) is 11.9 Å². The second kappa shape index (κ2) is 7.23. The summed E-state index contributed by atoms with van der Waals surface area (Å²) in [5.74, 6) is 1.80. The van der Waals surface area contributed by atoms with Crippen LogP contribution in [0.25, 0.3) is 11.4 Å². The zero-order chi connectivity index (χ0) is 17.1. The molecule has 0 aliphatic rings. The summed E-state index contributed by atoms with van der Waals surface area (Å²) in [4.78, 5) is 13.3. The van der Waals surface area contributed by atoms with E-state index in [2.05, 4.69) is 15.5 Å². The molecule has 0 aromatic carbocycles. The Labute approximate surface area is 148 Å². The molecule has 3 rings (SSSR count). The molecule has 0 spiro atoms. The highest BCUT2D eigenvalue weighted by Gasteiger charge is 2.16. The summed E-state index contributed by atoms with van der Waals surface area (Å²) >= 11 is 3.00. The van der Waals surface area contributed by atoms with E-state index in [0.717, 1.165) is 22.0 Å². The Morgan fingerprint density at radius 2 is 2.29 bits per heavy atom. The zero-order valence-electron chi connectivity index (χ0n) is 13.6. The maximum Gasteiger partial charge on any atom is 0.230 e. The lowest BCUT2D eigenvalue weighted by Crippen LogP contribution is -2.27. The SMILES string of the molecule is Cc1occc1-c1nnc(SCC(=O)N[C@H](C)c2cccs2)n1C. The summed E-state index contributed by atoms with van der Waals surface area (Å²) in [5.41, 5.74) is 0.910. The molecule has 126 valence electrons. The molecule has 1 N–H and O–H groups in total. The highest BCUT2D eigenvalue weighted by atomic mass is 32.2. The highest BCUT2D eigenvalue weighted by molar-refractivity contribution is 7.99. The largest absolute Gasteiger partial charge is 0.469 e. The van der Waals surface area contributed by atoms with E-state index < -0.39 is 0 Å². The Kier molecular flexibility index (Phi) is 5.06. The van der Waals surface area contributed by atoms with E-state index in [9.17, 15) is 4.79 Å². The fourth-order valence-corrected chi connectivity index (χ4v) is 3.77. The fourth-order valence-electron chi connectivity index (χ4n) is 2.31. The molecular weight excluding hydrogens is 344 g/mol. The van der Waals surface area contributed by atoms with E-state index >= 15 is 0 Å². The van der Waals surface area contributed by atoms with Crippen LogP contribution < -0.4 is 5.32 Å². The van der Waals surface area contributed by atoms with Crippen LogP contribution in [0.1, 0.15) is 23.6 Å². The maximum absolute atomic E-state index is 12.1. The quantitative estimate of drug-likeness (QED) is 0.680. The lowest BCUT2D eigenvalue weighted by molar-refractivity contribution is -0.119. The van der Waals surface area contributed by atoms with Gasteiger partial charge in [0.05, 0.1) is 23.6 Å². The van der Waals surface area contributed by atoms with Gasteiger partial charge < -0.3 is 14.3 Å². The average molecular weight is 362 g/mol. The number of hydrogen-bond donors (Lipinski definition) is 1. The van der Waals surface area contributed by atoms with Crippen molar-refractivity contribution in [2.45, 2.75) is 25.0 Å². The molecule has 1 atom stereocenters. The van der Waals surface area contributed by atoms with Crippen molar-refractivity contribution in [2.24, 2.45) is 7.05 Å². The van der Waals surface area contributed by atoms with Gasteiger partial charge in [-0.1, -0.05) is 17.8 Å². The van der Waals surface area contributed by atoms with Crippen LogP contribution in [0.5, 0.6) is 0 Å². The molecule has 3 aromatic rings. The Balaban J connectivity index is 1.60. The fraction of sp³-hybridized carbons (Fsp3) is 0.312. The predicted molar refractivity (Wildman–Crippen MR) is 95.0 cm³/mol. The Morgan fingerprint density at radius 1 is 1.46 bits per heavy atom. The summed E-state index contributed by atoms with van der Waals surface area (Å²) in [7, 11) is 1.89. The van der Waals surface area contributed by atoms with E-state index in [0.29, 0.717) is 10.9 Å². The van der Waals surface area contributed by atoms with Gasteiger partial charge in [0, 0.05) is 11.9 Å². The lowest BCUT2D eigenvalue weighted by atomic mass is 10.2. The molecule has 0 aliphatic carbocycles. The number of furan rings is 1. The second-order valence-corrected chi connectivity index (χ2v) is 7.27. The Bertz CT molecular complexity index is 823. The smallest absolute Gasteiger partial charge is 0.230 e. The first kappa shape index (κ1) is 16.8. The van der Waals surface area contributed by atoms with Gasteiger partial charge >= 0.3 is 0 Å².